The number of hydrogen-bond donors (Lipinski definition) is 3. The number of hydrogen-bond acceptors (Lipinski definition) is 7. The van der Waals surface area contributed by atoms with E-state index in [-0.39, 0.29) is 0 Å². The molecule has 0 aromatic heterocycles. The first-order valence-electron chi connectivity index (χ1n) is 6.26. The van der Waals surface area contributed by atoms with Crippen LogP contribution in [0.5, 0.6) is 0 Å². The fraction of sp³-hybridized carbons (Fsp3) is 0.750. The van der Waals surface area contributed by atoms with Gasteiger partial charge in [-0.25, -0.2) is 9.59 Å². The Morgan fingerprint density at radius 3 is 2.24 bits per heavy atom. The predicted molar refractivity (Wildman–Crippen MR) is 78.4 cm³/mol. The molecule has 1 unspecified atom stereocenters. The lowest BCUT2D eigenvalue weighted by molar-refractivity contribution is -0.143. The highest BCUT2D eigenvalue weighted by molar-refractivity contribution is 5.81. The third-order valence-corrected chi connectivity index (χ3v) is 1.93. The lowest BCUT2D eigenvalue weighted by Gasteiger charge is -2.22. The fourth-order valence-electron chi connectivity index (χ4n) is 1.13. The summed E-state index contributed by atoms with van der Waals surface area (Å²) in [5, 5.41) is 10.7. The zero-order valence-electron chi connectivity index (χ0n) is 13.2. The molecular weight excluding hydrogens is 278 g/mol. The first-order chi connectivity index (χ1) is 9.71. The number of alkyl carbamates (subject to hydrolysis) is 1. The summed E-state index contributed by atoms with van der Waals surface area (Å²) in [4.78, 5) is 22.9. The molecule has 9 nitrogen and oxygen atoms in total. The van der Waals surface area contributed by atoms with Crippen molar-refractivity contribution in [2.75, 3.05) is 20.7 Å². The highest BCUT2D eigenvalue weighted by atomic mass is 16.6. The van der Waals surface area contributed by atoms with Gasteiger partial charge in [0.15, 0.2) is 0 Å². The van der Waals surface area contributed by atoms with Gasteiger partial charge in [-0.3, -0.25) is 0 Å². The summed E-state index contributed by atoms with van der Waals surface area (Å²) in [7, 11) is 3.05. The Morgan fingerprint density at radius 1 is 1.38 bits per heavy atom. The van der Waals surface area contributed by atoms with E-state index in [1.54, 1.807) is 27.8 Å². The van der Waals surface area contributed by atoms with Gasteiger partial charge in [-0.2, -0.15) is 5.53 Å². The van der Waals surface area contributed by atoms with Gasteiger partial charge < -0.3 is 20.1 Å². The second kappa shape index (κ2) is 11.8. The molecule has 0 saturated carbocycles. The van der Waals surface area contributed by atoms with E-state index in [4.69, 9.17) is 10.3 Å². The number of rotatable bonds is 6. The van der Waals surface area contributed by atoms with Crippen LogP contribution in [-0.2, 0) is 14.3 Å². The average molecular weight is 303 g/mol. The van der Waals surface area contributed by atoms with Crippen LogP contribution in [0, 0.1) is 5.53 Å². The second-order valence-corrected chi connectivity index (χ2v) is 4.86. The SMILES string of the molecule is C=NN=N.CNCCC(NC(=O)OC(C)(C)C)C(=O)OC. The van der Waals surface area contributed by atoms with Gasteiger partial charge in [-0.1, -0.05) is 5.22 Å². The fourth-order valence-corrected chi connectivity index (χ4v) is 1.13. The third kappa shape index (κ3) is 14.2. The van der Waals surface area contributed by atoms with Crippen LogP contribution in [0.3, 0.4) is 0 Å². The van der Waals surface area contributed by atoms with Crippen LogP contribution in [0.1, 0.15) is 27.2 Å². The topological polar surface area (TPSA) is 125 Å². The van der Waals surface area contributed by atoms with E-state index in [1.807, 2.05) is 0 Å². The maximum atomic E-state index is 11.5. The summed E-state index contributed by atoms with van der Waals surface area (Å²) < 4.78 is 9.67. The lowest BCUT2D eigenvalue weighted by Crippen LogP contribution is -2.45. The number of carbonyl (C=O) groups is 2. The summed E-state index contributed by atoms with van der Waals surface area (Å²) in [6.07, 6.45) is -0.174. The number of nitrogens with one attached hydrogen (secondary N) is 3. The van der Waals surface area contributed by atoms with Crippen molar-refractivity contribution in [1.29, 1.82) is 5.53 Å². The monoisotopic (exact) mass is 303 g/mol. The first kappa shape index (κ1) is 21.3. The first-order valence-corrected chi connectivity index (χ1v) is 6.26. The Kier molecular flexibility index (Phi) is 11.9. The van der Waals surface area contributed by atoms with Crippen LogP contribution in [-0.4, -0.2) is 51.1 Å². The Labute approximate surface area is 125 Å². The zero-order valence-corrected chi connectivity index (χ0v) is 13.2. The molecule has 122 valence electrons. The van der Waals surface area contributed by atoms with Crippen molar-refractivity contribution in [3.05, 3.63) is 0 Å². The Balaban J connectivity index is 0. The Bertz CT molecular complexity index is 335. The molecule has 0 aromatic rings. The second-order valence-electron chi connectivity index (χ2n) is 4.86. The summed E-state index contributed by atoms with van der Waals surface area (Å²) in [6.45, 7) is 8.74. The number of ether oxygens (including phenoxy) is 2. The van der Waals surface area contributed by atoms with Gasteiger partial charge in [0.05, 0.1) is 7.11 Å². The van der Waals surface area contributed by atoms with Gasteiger partial charge in [0.1, 0.15) is 11.6 Å². The normalized spacial score (nSPS) is 11.3. The van der Waals surface area contributed by atoms with Crippen LogP contribution in [0.2, 0.25) is 0 Å². The summed E-state index contributed by atoms with van der Waals surface area (Å²) in [5.41, 5.74) is 5.26. The average Bonchev–Trinajstić information content (AvgIpc) is 2.40. The molecule has 0 spiro atoms. The van der Waals surface area contributed by atoms with Gasteiger partial charge in [0, 0.05) is 6.72 Å². The van der Waals surface area contributed by atoms with Crippen LogP contribution in [0.25, 0.3) is 0 Å². The molecule has 0 radical (unpaired) electrons. The highest BCUT2D eigenvalue weighted by Crippen LogP contribution is 2.07. The van der Waals surface area contributed by atoms with Crippen molar-refractivity contribution in [2.45, 2.75) is 38.8 Å². The van der Waals surface area contributed by atoms with E-state index >= 15 is 0 Å². The summed E-state index contributed by atoms with van der Waals surface area (Å²) in [5.74, 6) is -0.480. The van der Waals surface area contributed by atoms with Crippen molar-refractivity contribution >= 4 is 18.8 Å². The molecule has 21 heavy (non-hydrogen) atoms. The molecular formula is C12H25N5O4. The van der Waals surface area contributed by atoms with Gasteiger partial charge in [-0.05, 0) is 40.8 Å². The molecule has 1 amide bonds. The number of amides is 1. The van der Waals surface area contributed by atoms with Crippen LogP contribution in [0.15, 0.2) is 10.3 Å². The highest BCUT2D eigenvalue weighted by Gasteiger charge is 2.24. The molecule has 1 atom stereocenters. The summed E-state index contributed by atoms with van der Waals surface area (Å²) >= 11 is 0. The van der Waals surface area contributed by atoms with E-state index in [2.05, 4.69) is 32.4 Å². The van der Waals surface area contributed by atoms with Crippen molar-refractivity contribution < 1.29 is 19.1 Å². The zero-order chi connectivity index (χ0) is 16.9. The molecule has 9 heteroatoms. The molecule has 0 saturated heterocycles. The van der Waals surface area contributed by atoms with Crippen molar-refractivity contribution in [3.63, 3.8) is 0 Å². The van der Waals surface area contributed by atoms with Gasteiger partial charge in [0.2, 0.25) is 0 Å². The number of methoxy groups -OCH3 is 1. The van der Waals surface area contributed by atoms with Gasteiger partial charge >= 0.3 is 12.1 Å². The van der Waals surface area contributed by atoms with Crippen molar-refractivity contribution in [1.82, 2.24) is 10.6 Å². The van der Waals surface area contributed by atoms with Crippen LogP contribution >= 0.6 is 0 Å². The van der Waals surface area contributed by atoms with Crippen molar-refractivity contribution in [2.24, 2.45) is 10.3 Å². The van der Waals surface area contributed by atoms with E-state index in [9.17, 15) is 9.59 Å². The Hall–Kier alpha value is -2.03. The molecule has 3 N–H and O–H groups in total. The minimum atomic E-state index is -0.692. The van der Waals surface area contributed by atoms with Gasteiger partial charge in [-0.15, -0.1) is 5.10 Å². The number of carbonyl (C=O) groups excluding carboxylic acids is 2. The van der Waals surface area contributed by atoms with E-state index < -0.39 is 23.7 Å². The minimum absolute atomic E-state index is 0.447. The van der Waals surface area contributed by atoms with Crippen molar-refractivity contribution in [3.8, 4) is 0 Å². The molecule has 0 heterocycles. The molecule has 0 fully saturated rings. The van der Waals surface area contributed by atoms with E-state index in [0.717, 1.165) is 0 Å². The van der Waals surface area contributed by atoms with Crippen LogP contribution < -0.4 is 10.6 Å². The largest absolute Gasteiger partial charge is 0.467 e. The lowest BCUT2D eigenvalue weighted by atomic mass is 10.2. The standard InChI is InChI=1S/C11H22N2O4.CH3N3/c1-11(2,3)17-10(15)13-8(6-7-12-4)9(14)16-5;1-3-4-2/h8,12H,6-7H2,1-5H3,(H,13,15);2H,1H2. The molecule has 0 rings (SSSR count). The minimum Gasteiger partial charge on any atom is -0.467 e. The summed E-state index contributed by atoms with van der Waals surface area (Å²) in [6, 6.07) is -0.692. The molecule has 0 bridgehead atoms. The van der Waals surface area contributed by atoms with Gasteiger partial charge in [0.25, 0.3) is 0 Å². The predicted octanol–water partition coefficient (Wildman–Crippen LogP) is 1.30. The Morgan fingerprint density at radius 2 is 1.90 bits per heavy atom. The maximum Gasteiger partial charge on any atom is 0.408 e. The number of esters is 1. The maximum absolute atomic E-state index is 11.5. The number of nitrogens with zero attached hydrogens (tertiary/aromatic N) is 2. The molecule has 0 aliphatic carbocycles. The molecule has 0 aliphatic rings. The third-order valence-electron chi connectivity index (χ3n) is 1.93. The van der Waals surface area contributed by atoms with E-state index in [1.165, 1.54) is 7.11 Å². The van der Waals surface area contributed by atoms with E-state index in [0.29, 0.717) is 13.0 Å². The molecule has 0 aromatic carbocycles. The van der Waals surface area contributed by atoms with Crippen LogP contribution in [0.4, 0.5) is 4.79 Å². The smallest absolute Gasteiger partial charge is 0.408 e. The molecule has 0 aliphatic heterocycles. The quantitative estimate of drug-likeness (QED) is 0.295.